The molecule has 0 aromatic carbocycles. The van der Waals surface area contributed by atoms with Crippen LogP contribution in [0.4, 0.5) is 13.2 Å². The minimum Gasteiger partial charge on any atom is -0.324 e. The standard InChI is InChI=1S/C7H10F3N3/c1-5(11)6-2-12-13(3-6)4-7(8,9)10/h2-3,5H,4,11H2,1H3. The van der Waals surface area contributed by atoms with Crippen LogP contribution < -0.4 is 5.73 Å². The normalized spacial score (nSPS) is 14.5. The molecule has 3 nitrogen and oxygen atoms in total. The summed E-state index contributed by atoms with van der Waals surface area (Å²) in [5.41, 5.74) is 6.06. The van der Waals surface area contributed by atoms with E-state index in [2.05, 4.69) is 5.10 Å². The van der Waals surface area contributed by atoms with Crippen LogP contribution in [0.3, 0.4) is 0 Å². The highest BCUT2D eigenvalue weighted by atomic mass is 19.4. The second-order valence-electron chi connectivity index (χ2n) is 2.88. The van der Waals surface area contributed by atoms with E-state index in [0.29, 0.717) is 5.56 Å². The van der Waals surface area contributed by atoms with E-state index in [0.717, 1.165) is 4.68 Å². The number of nitrogens with zero attached hydrogens (tertiary/aromatic N) is 2. The zero-order chi connectivity index (χ0) is 10.1. The van der Waals surface area contributed by atoms with E-state index >= 15 is 0 Å². The maximum Gasteiger partial charge on any atom is 0.408 e. The van der Waals surface area contributed by atoms with E-state index in [9.17, 15) is 13.2 Å². The Morgan fingerprint density at radius 1 is 1.62 bits per heavy atom. The largest absolute Gasteiger partial charge is 0.408 e. The van der Waals surface area contributed by atoms with Gasteiger partial charge in [-0.15, -0.1) is 0 Å². The van der Waals surface area contributed by atoms with Crippen molar-refractivity contribution in [3.8, 4) is 0 Å². The molecule has 0 bridgehead atoms. The molecule has 0 aliphatic rings. The fourth-order valence-corrected chi connectivity index (χ4v) is 0.885. The number of hydrogen-bond donors (Lipinski definition) is 1. The lowest BCUT2D eigenvalue weighted by molar-refractivity contribution is -0.142. The predicted octanol–water partition coefficient (Wildman–Crippen LogP) is 1.47. The van der Waals surface area contributed by atoms with Gasteiger partial charge in [0.15, 0.2) is 0 Å². The van der Waals surface area contributed by atoms with Crippen LogP contribution in [0, 0.1) is 0 Å². The number of alkyl halides is 3. The van der Waals surface area contributed by atoms with Crippen molar-refractivity contribution in [1.82, 2.24) is 9.78 Å². The van der Waals surface area contributed by atoms with Gasteiger partial charge in [0.2, 0.25) is 0 Å². The summed E-state index contributed by atoms with van der Waals surface area (Å²) in [4.78, 5) is 0. The average Bonchev–Trinajstić information content (AvgIpc) is 2.31. The van der Waals surface area contributed by atoms with Crippen LogP contribution >= 0.6 is 0 Å². The molecule has 0 fully saturated rings. The zero-order valence-corrected chi connectivity index (χ0v) is 7.04. The van der Waals surface area contributed by atoms with Gasteiger partial charge in [0, 0.05) is 17.8 Å². The molecule has 1 heterocycles. The van der Waals surface area contributed by atoms with Crippen molar-refractivity contribution in [2.45, 2.75) is 25.7 Å². The van der Waals surface area contributed by atoms with Gasteiger partial charge < -0.3 is 5.73 Å². The molecule has 0 saturated heterocycles. The molecule has 1 aromatic heterocycles. The molecule has 2 N–H and O–H groups in total. The highest BCUT2D eigenvalue weighted by Crippen LogP contribution is 2.17. The van der Waals surface area contributed by atoms with Crippen molar-refractivity contribution in [3.05, 3.63) is 18.0 Å². The molecule has 0 amide bonds. The molecule has 1 aromatic rings. The molecule has 13 heavy (non-hydrogen) atoms. The number of nitrogens with two attached hydrogens (primary N) is 1. The summed E-state index contributed by atoms with van der Waals surface area (Å²) in [5.74, 6) is 0. The Morgan fingerprint density at radius 3 is 2.62 bits per heavy atom. The Labute approximate surface area is 73.3 Å². The highest BCUT2D eigenvalue weighted by molar-refractivity contribution is 5.08. The molecule has 1 rings (SSSR count). The zero-order valence-electron chi connectivity index (χ0n) is 7.04. The van der Waals surface area contributed by atoms with E-state index in [1.54, 1.807) is 6.92 Å². The summed E-state index contributed by atoms with van der Waals surface area (Å²) in [6.07, 6.45) is -1.59. The van der Waals surface area contributed by atoms with Crippen molar-refractivity contribution in [3.63, 3.8) is 0 Å². The lowest BCUT2D eigenvalue weighted by Crippen LogP contribution is -2.17. The fourth-order valence-electron chi connectivity index (χ4n) is 0.885. The van der Waals surface area contributed by atoms with Crippen molar-refractivity contribution in [1.29, 1.82) is 0 Å². The van der Waals surface area contributed by atoms with Crippen LogP contribution in [0.5, 0.6) is 0 Å². The SMILES string of the molecule is CC(N)c1cnn(CC(F)(F)F)c1. The molecule has 6 heteroatoms. The molecule has 0 aliphatic carbocycles. The third kappa shape index (κ3) is 3.06. The van der Waals surface area contributed by atoms with Gasteiger partial charge in [-0.1, -0.05) is 0 Å². The Hall–Kier alpha value is -1.04. The van der Waals surface area contributed by atoms with Gasteiger partial charge in [-0.25, -0.2) is 0 Å². The van der Waals surface area contributed by atoms with Gasteiger partial charge in [0.25, 0.3) is 0 Å². The monoisotopic (exact) mass is 193 g/mol. The van der Waals surface area contributed by atoms with Gasteiger partial charge >= 0.3 is 6.18 Å². The summed E-state index contributed by atoms with van der Waals surface area (Å²) >= 11 is 0. The smallest absolute Gasteiger partial charge is 0.324 e. The molecule has 0 aliphatic heterocycles. The Morgan fingerprint density at radius 2 is 2.23 bits per heavy atom. The summed E-state index contributed by atoms with van der Waals surface area (Å²) in [6, 6.07) is -0.290. The Kier molecular flexibility index (Phi) is 2.60. The van der Waals surface area contributed by atoms with Gasteiger partial charge in [-0.2, -0.15) is 18.3 Å². The molecular weight excluding hydrogens is 183 g/mol. The highest BCUT2D eigenvalue weighted by Gasteiger charge is 2.28. The molecule has 0 radical (unpaired) electrons. The minimum atomic E-state index is -4.23. The second-order valence-corrected chi connectivity index (χ2v) is 2.88. The minimum absolute atomic E-state index is 0.290. The van der Waals surface area contributed by atoms with Crippen LogP contribution in [0.1, 0.15) is 18.5 Å². The predicted molar refractivity (Wildman–Crippen MR) is 40.9 cm³/mol. The summed E-state index contributed by atoms with van der Waals surface area (Å²) in [7, 11) is 0. The maximum atomic E-state index is 11.9. The first-order chi connectivity index (χ1) is 5.88. The Balaban J connectivity index is 2.70. The first-order valence-corrected chi connectivity index (χ1v) is 3.73. The average molecular weight is 193 g/mol. The number of aromatic nitrogens is 2. The van der Waals surface area contributed by atoms with E-state index < -0.39 is 12.7 Å². The second kappa shape index (κ2) is 3.37. The van der Waals surface area contributed by atoms with Crippen molar-refractivity contribution < 1.29 is 13.2 Å². The van der Waals surface area contributed by atoms with Crippen LogP contribution in [0.25, 0.3) is 0 Å². The molecule has 1 atom stereocenters. The van der Waals surface area contributed by atoms with Crippen LogP contribution in [0.15, 0.2) is 12.4 Å². The first kappa shape index (κ1) is 10.0. The number of rotatable bonds is 2. The van der Waals surface area contributed by atoms with E-state index in [-0.39, 0.29) is 6.04 Å². The summed E-state index contributed by atoms with van der Waals surface area (Å²) < 4.78 is 36.4. The summed E-state index contributed by atoms with van der Waals surface area (Å²) in [6.45, 7) is 0.620. The fraction of sp³-hybridized carbons (Fsp3) is 0.571. The van der Waals surface area contributed by atoms with Crippen LogP contribution in [0.2, 0.25) is 0 Å². The third-order valence-corrected chi connectivity index (χ3v) is 1.52. The topological polar surface area (TPSA) is 43.8 Å². The maximum absolute atomic E-state index is 11.9. The lowest BCUT2D eigenvalue weighted by Gasteiger charge is -2.05. The van der Waals surface area contributed by atoms with Gasteiger partial charge in [-0.05, 0) is 6.92 Å². The lowest BCUT2D eigenvalue weighted by atomic mass is 10.2. The van der Waals surface area contributed by atoms with Crippen LogP contribution in [-0.4, -0.2) is 16.0 Å². The van der Waals surface area contributed by atoms with Crippen LogP contribution in [-0.2, 0) is 6.54 Å². The van der Waals surface area contributed by atoms with Crippen molar-refractivity contribution in [2.75, 3.05) is 0 Å². The molecule has 0 saturated carbocycles. The first-order valence-electron chi connectivity index (χ1n) is 3.73. The van der Waals surface area contributed by atoms with Crippen molar-refractivity contribution >= 4 is 0 Å². The van der Waals surface area contributed by atoms with E-state index in [1.807, 2.05) is 0 Å². The number of halogens is 3. The molecular formula is C7H10F3N3. The van der Waals surface area contributed by atoms with E-state index in [1.165, 1.54) is 12.4 Å². The van der Waals surface area contributed by atoms with Gasteiger partial charge in [0.1, 0.15) is 6.54 Å². The summed E-state index contributed by atoms with van der Waals surface area (Å²) in [5, 5.41) is 3.54. The third-order valence-electron chi connectivity index (χ3n) is 1.52. The van der Waals surface area contributed by atoms with E-state index in [4.69, 9.17) is 5.73 Å². The molecule has 0 spiro atoms. The van der Waals surface area contributed by atoms with Gasteiger partial charge in [0.05, 0.1) is 6.20 Å². The Bertz CT molecular complexity index is 277. The number of hydrogen-bond acceptors (Lipinski definition) is 2. The molecule has 1 unspecified atom stereocenters. The van der Waals surface area contributed by atoms with Crippen molar-refractivity contribution in [2.24, 2.45) is 5.73 Å². The van der Waals surface area contributed by atoms with Gasteiger partial charge in [-0.3, -0.25) is 4.68 Å². The quantitative estimate of drug-likeness (QED) is 0.772. The molecule has 74 valence electrons.